The SMILES string of the molecule is O=[N+]([O-])c1ccc2oc(SC[C@H]3CCNC3)nc2c1. The molecule has 1 aromatic heterocycles. The van der Waals surface area contributed by atoms with E-state index < -0.39 is 4.92 Å². The summed E-state index contributed by atoms with van der Waals surface area (Å²) in [5.41, 5.74) is 1.18. The molecule has 19 heavy (non-hydrogen) atoms. The van der Waals surface area contributed by atoms with Gasteiger partial charge in [-0.2, -0.15) is 0 Å². The number of aromatic nitrogens is 1. The van der Waals surface area contributed by atoms with E-state index in [-0.39, 0.29) is 5.69 Å². The highest BCUT2D eigenvalue weighted by atomic mass is 32.2. The molecule has 3 rings (SSSR count). The smallest absolute Gasteiger partial charge is 0.271 e. The summed E-state index contributed by atoms with van der Waals surface area (Å²) in [5.74, 6) is 1.61. The lowest BCUT2D eigenvalue weighted by molar-refractivity contribution is -0.384. The first kappa shape index (κ1) is 12.4. The molecule has 1 aromatic carbocycles. The zero-order valence-electron chi connectivity index (χ0n) is 10.2. The summed E-state index contributed by atoms with van der Waals surface area (Å²) >= 11 is 1.57. The van der Waals surface area contributed by atoms with Gasteiger partial charge >= 0.3 is 0 Å². The second kappa shape index (κ2) is 5.18. The van der Waals surface area contributed by atoms with Crippen molar-refractivity contribution in [3.8, 4) is 0 Å². The number of thioether (sulfide) groups is 1. The Balaban J connectivity index is 1.75. The lowest BCUT2D eigenvalue weighted by Crippen LogP contribution is -2.10. The van der Waals surface area contributed by atoms with Gasteiger partial charge in [-0.1, -0.05) is 11.8 Å². The van der Waals surface area contributed by atoms with E-state index in [4.69, 9.17) is 4.42 Å². The average molecular weight is 279 g/mol. The number of benzene rings is 1. The molecule has 1 N–H and O–H groups in total. The molecule has 1 aliphatic heterocycles. The number of nitro benzene ring substituents is 1. The summed E-state index contributed by atoms with van der Waals surface area (Å²) in [5, 5.41) is 14.6. The fourth-order valence-corrected chi connectivity index (χ4v) is 3.09. The second-order valence-corrected chi connectivity index (χ2v) is 5.53. The highest BCUT2D eigenvalue weighted by molar-refractivity contribution is 7.99. The van der Waals surface area contributed by atoms with Crippen molar-refractivity contribution in [1.29, 1.82) is 0 Å². The van der Waals surface area contributed by atoms with Crippen LogP contribution in [0.3, 0.4) is 0 Å². The summed E-state index contributed by atoms with van der Waals surface area (Å²) < 4.78 is 5.57. The Morgan fingerprint density at radius 2 is 2.47 bits per heavy atom. The van der Waals surface area contributed by atoms with Gasteiger partial charge in [-0.15, -0.1) is 0 Å². The number of rotatable bonds is 4. The average Bonchev–Trinajstić information content (AvgIpc) is 3.04. The van der Waals surface area contributed by atoms with Crippen LogP contribution in [0, 0.1) is 16.0 Å². The van der Waals surface area contributed by atoms with Crippen LogP contribution in [0.5, 0.6) is 0 Å². The van der Waals surface area contributed by atoms with Crippen molar-refractivity contribution in [1.82, 2.24) is 10.3 Å². The van der Waals surface area contributed by atoms with Gasteiger partial charge in [0.15, 0.2) is 5.58 Å². The Kier molecular flexibility index (Phi) is 3.39. The minimum Gasteiger partial charge on any atom is -0.431 e. The fraction of sp³-hybridized carbons (Fsp3) is 0.417. The summed E-state index contributed by atoms with van der Waals surface area (Å²) in [7, 11) is 0. The van der Waals surface area contributed by atoms with Crippen molar-refractivity contribution < 1.29 is 9.34 Å². The van der Waals surface area contributed by atoms with E-state index in [1.54, 1.807) is 17.8 Å². The van der Waals surface area contributed by atoms with Crippen molar-refractivity contribution in [3.63, 3.8) is 0 Å². The predicted octanol–water partition coefficient (Wildman–Crippen LogP) is 2.44. The Morgan fingerprint density at radius 3 is 3.21 bits per heavy atom. The van der Waals surface area contributed by atoms with E-state index in [0.29, 0.717) is 22.2 Å². The third-order valence-corrected chi connectivity index (χ3v) is 4.23. The Morgan fingerprint density at radius 1 is 1.58 bits per heavy atom. The van der Waals surface area contributed by atoms with Crippen LogP contribution >= 0.6 is 11.8 Å². The summed E-state index contributed by atoms with van der Waals surface area (Å²) in [6, 6.07) is 4.48. The van der Waals surface area contributed by atoms with Crippen molar-refractivity contribution in [2.75, 3.05) is 18.8 Å². The molecule has 0 bridgehead atoms. The molecule has 0 radical (unpaired) electrons. The number of fused-ring (bicyclic) bond motifs is 1. The van der Waals surface area contributed by atoms with Crippen molar-refractivity contribution in [2.45, 2.75) is 11.6 Å². The van der Waals surface area contributed by atoms with E-state index >= 15 is 0 Å². The number of nitro groups is 1. The van der Waals surface area contributed by atoms with Crippen LogP contribution in [-0.2, 0) is 0 Å². The summed E-state index contributed by atoms with van der Waals surface area (Å²) in [6.45, 7) is 2.11. The highest BCUT2D eigenvalue weighted by Gasteiger charge is 2.17. The lowest BCUT2D eigenvalue weighted by Gasteiger charge is -2.03. The molecule has 100 valence electrons. The molecule has 0 amide bonds. The molecule has 0 saturated carbocycles. The molecule has 7 heteroatoms. The van der Waals surface area contributed by atoms with Crippen LogP contribution in [0.1, 0.15) is 6.42 Å². The molecular weight excluding hydrogens is 266 g/mol. The van der Waals surface area contributed by atoms with Crippen LogP contribution in [0.2, 0.25) is 0 Å². The van der Waals surface area contributed by atoms with Gasteiger partial charge in [-0.05, 0) is 31.5 Å². The first-order valence-electron chi connectivity index (χ1n) is 6.11. The quantitative estimate of drug-likeness (QED) is 0.526. The maximum atomic E-state index is 10.7. The van der Waals surface area contributed by atoms with Crippen molar-refractivity contribution >= 4 is 28.5 Å². The van der Waals surface area contributed by atoms with E-state index in [1.165, 1.54) is 18.6 Å². The molecule has 1 aliphatic rings. The highest BCUT2D eigenvalue weighted by Crippen LogP contribution is 2.28. The molecule has 1 saturated heterocycles. The Hall–Kier alpha value is -1.60. The summed E-state index contributed by atoms with van der Waals surface area (Å²) in [4.78, 5) is 14.5. The molecule has 2 heterocycles. The first-order chi connectivity index (χ1) is 9.22. The third-order valence-electron chi connectivity index (χ3n) is 3.17. The van der Waals surface area contributed by atoms with Crippen LogP contribution in [0.15, 0.2) is 27.8 Å². The van der Waals surface area contributed by atoms with E-state index in [9.17, 15) is 10.1 Å². The maximum Gasteiger partial charge on any atom is 0.271 e. The standard InChI is InChI=1S/C12H13N3O3S/c16-15(17)9-1-2-11-10(5-9)14-12(18-11)19-7-8-3-4-13-6-8/h1-2,5,8,13H,3-4,6-7H2/t8-/m0/s1. The molecule has 2 aromatic rings. The normalized spacial score (nSPS) is 19.1. The molecule has 0 spiro atoms. The number of nitrogens with zero attached hydrogens (tertiary/aromatic N) is 2. The van der Waals surface area contributed by atoms with E-state index in [1.807, 2.05) is 0 Å². The molecule has 0 aliphatic carbocycles. The predicted molar refractivity (Wildman–Crippen MR) is 72.4 cm³/mol. The molecule has 1 atom stereocenters. The van der Waals surface area contributed by atoms with Gasteiger partial charge in [0.1, 0.15) is 5.52 Å². The lowest BCUT2D eigenvalue weighted by atomic mass is 10.2. The monoisotopic (exact) mass is 279 g/mol. The zero-order chi connectivity index (χ0) is 13.2. The van der Waals surface area contributed by atoms with Gasteiger partial charge in [0, 0.05) is 17.9 Å². The molecule has 6 nitrogen and oxygen atoms in total. The number of oxazole rings is 1. The van der Waals surface area contributed by atoms with Gasteiger partial charge in [0.05, 0.1) is 4.92 Å². The number of non-ortho nitro benzene ring substituents is 1. The Bertz CT molecular complexity index is 607. The van der Waals surface area contributed by atoms with E-state index in [0.717, 1.165) is 18.8 Å². The third kappa shape index (κ3) is 2.71. The van der Waals surface area contributed by atoms with Gasteiger partial charge in [0.2, 0.25) is 0 Å². The minimum absolute atomic E-state index is 0.0392. The van der Waals surface area contributed by atoms with Crippen LogP contribution in [-0.4, -0.2) is 28.7 Å². The molecular formula is C12H13N3O3S. The van der Waals surface area contributed by atoms with Crippen molar-refractivity contribution in [2.24, 2.45) is 5.92 Å². The topological polar surface area (TPSA) is 81.2 Å². The van der Waals surface area contributed by atoms with Crippen LogP contribution < -0.4 is 5.32 Å². The number of hydrogen-bond acceptors (Lipinski definition) is 6. The number of nitrogens with one attached hydrogen (secondary N) is 1. The van der Waals surface area contributed by atoms with E-state index in [2.05, 4.69) is 10.3 Å². The largest absolute Gasteiger partial charge is 0.431 e. The van der Waals surface area contributed by atoms with Gasteiger partial charge in [-0.3, -0.25) is 10.1 Å². The number of hydrogen-bond donors (Lipinski definition) is 1. The first-order valence-corrected chi connectivity index (χ1v) is 7.09. The fourth-order valence-electron chi connectivity index (χ4n) is 2.12. The molecule has 0 unspecified atom stereocenters. The van der Waals surface area contributed by atoms with Gasteiger partial charge in [-0.25, -0.2) is 4.98 Å². The van der Waals surface area contributed by atoms with Crippen molar-refractivity contribution in [3.05, 3.63) is 28.3 Å². The van der Waals surface area contributed by atoms with Crippen LogP contribution in [0.25, 0.3) is 11.1 Å². The Labute approximate surface area is 113 Å². The van der Waals surface area contributed by atoms with Gasteiger partial charge < -0.3 is 9.73 Å². The second-order valence-electron chi connectivity index (χ2n) is 4.56. The van der Waals surface area contributed by atoms with Gasteiger partial charge in [0.25, 0.3) is 10.9 Å². The maximum absolute atomic E-state index is 10.7. The minimum atomic E-state index is -0.425. The van der Waals surface area contributed by atoms with Crippen LogP contribution in [0.4, 0.5) is 5.69 Å². The molecule has 1 fully saturated rings. The summed E-state index contributed by atoms with van der Waals surface area (Å²) in [6.07, 6.45) is 1.18. The zero-order valence-corrected chi connectivity index (χ0v) is 11.0.